The Morgan fingerprint density at radius 2 is 2.17 bits per heavy atom. The van der Waals surface area contributed by atoms with Gasteiger partial charge >= 0.3 is 0 Å². The lowest BCUT2D eigenvalue weighted by Gasteiger charge is -2.31. The SMILES string of the molecule is COCCN(C(=S)Nc1cc(C)ccc1C)[C@H]1CCS(=O)(=O)C1. The lowest BCUT2D eigenvalue weighted by Crippen LogP contribution is -2.45. The molecular weight excluding hydrogens is 332 g/mol. The number of sulfone groups is 1. The first-order chi connectivity index (χ1) is 10.8. The predicted molar refractivity (Wildman–Crippen MR) is 97.8 cm³/mol. The van der Waals surface area contributed by atoms with Gasteiger partial charge in [-0.05, 0) is 49.7 Å². The van der Waals surface area contributed by atoms with E-state index in [-0.39, 0.29) is 17.5 Å². The fourth-order valence-corrected chi connectivity index (χ4v) is 4.80. The molecule has 1 atom stereocenters. The van der Waals surface area contributed by atoms with Crippen LogP contribution in [0.15, 0.2) is 18.2 Å². The van der Waals surface area contributed by atoms with Gasteiger partial charge < -0.3 is 15.0 Å². The number of rotatable bonds is 5. The van der Waals surface area contributed by atoms with Crippen molar-refractivity contribution in [2.75, 3.05) is 37.1 Å². The molecule has 1 aromatic rings. The fourth-order valence-electron chi connectivity index (χ4n) is 2.72. The number of methoxy groups -OCH3 is 1. The molecule has 2 rings (SSSR count). The lowest BCUT2D eigenvalue weighted by molar-refractivity contribution is 0.166. The molecule has 0 aromatic heterocycles. The summed E-state index contributed by atoms with van der Waals surface area (Å²) in [7, 11) is -1.33. The normalized spacial score (nSPS) is 19.5. The minimum atomic E-state index is -2.96. The van der Waals surface area contributed by atoms with Gasteiger partial charge in [0.1, 0.15) is 0 Å². The Labute approximate surface area is 143 Å². The Morgan fingerprint density at radius 1 is 1.43 bits per heavy atom. The van der Waals surface area contributed by atoms with Crippen LogP contribution in [-0.2, 0) is 14.6 Å². The van der Waals surface area contributed by atoms with Crippen molar-refractivity contribution in [1.29, 1.82) is 0 Å². The van der Waals surface area contributed by atoms with Gasteiger partial charge in [-0.25, -0.2) is 8.42 Å². The maximum Gasteiger partial charge on any atom is 0.173 e. The number of thiocarbonyl (C=S) groups is 1. The standard InChI is InChI=1S/C16H24N2O3S2/c1-12-4-5-13(2)15(10-12)17-16(22)18(7-8-21-3)14-6-9-23(19,20)11-14/h4-5,10,14H,6-9,11H2,1-3H3,(H,17,22)/t14-/m0/s1. The second-order valence-electron chi connectivity index (χ2n) is 5.99. The van der Waals surface area contributed by atoms with Crippen LogP contribution in [-0.4, -0.2) is 56.2 Å². The average molecular weight is 357 g/mol. The van der Waals surface area contributed by atoms with Crippen molar-refractivity contribution in [3.8, 4) is 0 Å². The smallest absolute Gasteiger partial charge is 0.173 e. The highest BCUT2D eigenvalue weighted by Crippen LogP contribution is 2.21. The van der Waals surface area contributed by atoms with Crippen LogP contribution in [0, 0.1) is 13.8 Å². The number of aryl methyl sites for hydroxylation is 2. The van der Waals surface area contributed by atoms with E-state index >= 15 is 0 Å². The van der Waals surface area contributed by atoms with Crippen molar-refractivity contribution >= 4 is 32.9 Å². The minimum absolute atomic E-state index is 0.0831. The Bertz CT molecular complexity index is 674. The highest BCUT2D eigenvalue weighted by Gasteiger charge is 2.33. The zero-order chi connectivity index (χ0) is 17.0. The number of nitrogens with zero attached hydrogens (tertiary/aromatic N) is 1. The number of benzene rings is 1. The molecule has 1 aromatic carbocycles. The summed E-state index contributed by atoms with van der Waals surface area (Å²) in [5, 5.41) is 3.82. The van der Waals surface area contributed by atoms with E-state index in [9.17, 15) is 8.42 Å². The van der Waals surface area contributed by atoms with Crippen LogP contribution >= 0.6 is 12.2 Å². The molecule has 0 unspecified atom stereocenters. The van der Waals surface area contributed by atoms with Crippen molar-refractivity contribution in [3.05, 3.63) is 29.3 Å². The van der Waals surface area contributed by atoms with Crippen molar-refractivity contribution in [2.24, 2.45) is 0 Å². The first kappa shape index (κ1) is 18.2. The summed E-state index contributed by atoms with van der Waals surface area (Å²) >= 11 is 5.55. The van der Waals surface area contributed by atoms with Gasteiger partial charge in [-0.2, -0.15) is 0 Å². The van der Waals surface area contributed by atoms with E-state index in [0.29, 0.717) is 24.7 Å². The van der Waals surface area contributed by atoms with Gasteiger partial charge in [-0.15, -0.1) is 0 Å². The number of hydrogen-bond acceptors (Lipinski definition) is 4. The van der Waals surface area contributed by atoms with Gasteiger partial charge in [0.05, 0.1) is 18.1 Å². The van der Waals surface area contributed by atoms with Crippen LogP contribution in [0.2, 0.25) is 0 Å². The van der Waals surface area contributed by atoms with E-state index in [1.54, 1.807) is 7.11 Å². The first-order valence-corrected chi connectivity index (χ1v) is 9.89. The number of anilines is 1. The average Bonchev–Trinajstić information content (AvgIpc) is 2.83. The zero-order valence-electron chi connectivity index (χ0n) is 13.8. The Balaban J connectivity index is 2.15. The molecule has 1 fully saturated rings. The van der Waals surface area contributed by atoms with Gasteiger partial charge in [0, 0.05) is 25.4 Å². The minimum Gasteiger partial charge on any atom is -0.383 e. The molecule has 0 bridgehead atoms. The molecule has 0 radical (unpaired) electrons. The van der Waals surface area contributed by atoms with Gasteiger partial charge in [0.15, 0.2) is 14.9 Å². The molecule has 1 N–H and O–H groups in total. The summed E-state index contributed by atoms with van der Waals surface area (Å²) in [4.78, 5) is 1.95. The van der Waals surface area contributed by atoms with Crippen molar-refractivity contribution in [2.45, 2.75) is 26.3 Å². The van der Waals surface area contributed by atoms with Crippen LogP contribution in [0.5, 0.6) is 0 Å². The molecule has 128 valence electrons. The number of ether oxygens (including phenoxy) is 1. The monoisotopic (exact) mass is 356 g/mol. The third-order valence-corrected chi connectivity index (χ3v) is 6.17. The van der Waals surface area contributed by atoms with E-state index in [4.69, 9.17) is 17.0 Å². The van der Waals surface area contributed by atoms with E-state index in [1.165, 1.54) is 0 Å². The molecule has 1 aliphatic rings. The summed E-state index contributed by atoms with van der Waals surface area (Å²) < 4.78 is 28.7. The number of nitrogens with one attached hydrogen (secondary N) is 1. The fraction of sp³-hybridized carbons (Fsp3) is 0.562. The topological polar surface area (TPSA) is 58.6 Å². The van der Waals surface area contributed by atoms with E-state index in [1.807, 2.05) is 30.9 Å². The third kappa shape index (κ3) is 4.89. The third-order valence-electron chi connectivity index (χ3n) is 4.08. The summed E-state index contributed by atoms with van der Waals surface area (Å²) in [6.45, 7) is 5.13. The van der Waals surface area contributed by atoms with Crippen LogP contribution in [0.25, 0.3) is 0 Å². The van der Waals surface area contributed by atoms with Gasteiger partial charge in [-0.1, -0.05) is 12.1 Å². The summed E-state index contributed by atoms with van der Waals surface area (Å²) in [5.41, 5.74) is 3.20. The van der Waals surface area contributed by atoms with Crippen LogP contribution < -0.4 is 5.32 Å². The largest absolute Gasteiger partial charge is 0.383 e. The zero-order valence-corrected chi connectivity index (χ0v) is 15.5. The molecule has 7 heteroatoms. The van der Waals surface area contributed by atoms with Gasteiger partial charge in [-0.3, -0.25) is 0 Å². The summed E-state index contributed by atoms with van der Waals surface area (Å²) in [5.74, 6) is 0.387. The molecule has 1 saturated heterocycles. The molecule has 23 heavy (non-hydrogen) atoms. The first-order valence-electron chi connectivity index (χ1n) is 7.66. The van der Waals surface area contributed by atoms with Crippen molar-refractivity contribution in [1.82, 2.24) is 4.90 Å². The van der Waals surface area contributed by atoms with Crippen molar-refractivity contribution in [3.63, 3.8) is 0 Å². The quantitative estimate of drug-likeness (QED) is 0.816. The Morgan fingerprint density at radius 3 is 2.78 bits per heavy atom. The van der Waals surface area contributed by atoms with Crippen LogP contribution in [0.1, 0.15) is 17.5 Å². The Kier molecular flexibility index (Phi) is 6.00. The maximum absolute atomic E-state index is 11.8. The molecule has 0 saturated carbocycles. The summed E-state index contributed by atoms with van der Waals surface area (Å²) in [6.07, 6.45) is 0.612. The van der Waals surface area contributed by atoms with Crippen molar-refractivity contribution < 1.29 is 13.2 Å². The Hall–Kier alpha value is -1.18. The highest BCUT2D eigenvalue weighted by molar-refractivity contribution is 7.91. The van der Waals surface area contributed by atoms with E-state index in [0.717, 1.165) is 16.8 Å². The summed E-state index contributed by atoms with van der Waals surface area (Å²) in [6, 6.07) is 6.05. The van der Waals surface area contributed by atoms with Gasteiger partial charge in [0.25, 0.3) is 0 Å². The second kappa shape index (κ2) is 7.59. The molecule has 0 amide bonds. The molecule has 0 aliphatic carbocycles. The highest BCUT2D eigenvalue weighted by atomic mass is 32.2. The molecule has 0 spiro atoms. The van der Waals surface area contributed by atoms with Gasteiger partial charge in [0.2, 0.25) is 0 Å². The lowest BCUT2D eigenvalue weighted by atomic mass is 10.1. The van der Waals surface area contributed by atoms with Crippen LogP contribution in [0.4, 0.5) is 5.69 Å². The molecule has 5 nitrogen and oxygen atoms in total. The molecular formula is C16H24N2O3S2. The number of hydrogen-bond donors (Lipinski definition) is 1. The van der Waals surface area contributed by atoms with E-state index < -0.39 is 9.84 Å². The molecule has 1 aliphatic heterocycles. The predicted octanol–water partition coefficient (Wildman–Crippen LogP) is 2.14. The maximum atomic E-state index is 11.8. The second-order valence-corrected chi connectivity index (χ2v) is 8.61. The van der Waals surface area contributed by atoms with E-state index in [2.05, 4.69) is 11.4 Å². The van der Waals surface area contributed by atoms with Crippen LogP contribution in [0.3, 0.4) is 0 Å². The molecule has 1 heterocycles.